The predicted octanol–water partition coefficient (Wildman–Crippen LogP) is 6.72. The number of benzene rings is 2. The molecule has 3 aliphatic heterocycles. The zero-order valence-corrected chi connectivity index (χ0v) is 27.0. The van der Waals surface area contributed by atoms with E-state index in [2.05, 4.69) is 10.2 Å². The van der Waals surface area contributed by atoms with Crippen molar-refractivity contribution in [2.45, 2.75) is 114 Å². The van der Waals surface area contributed by atoms with E-state index in [9.17, 15) is 23.2 Å². The second-order valence-electron chi connectivity index (χ2n) is 13.6. The second kappa shape index (κ2) is 13.4. The molecule has 4 aliphatic rings. The number of hydrogen-bond acceptors (Lipinski definition) is 4. The first kappa shape index (κ1) is 33.3. The van der Waals surface area contributed by atoms with Crippen LogP contribution in [-0.2, 0) is 16.1 Å². The molecule has 2 aromatic rings. The maximum Gasteiger partial charge on any atom is 0.328 e. The number of rotatable bonds is 9. The summed E-state index contributed by atoms with van der Waals surface area (Å²) in [5, 5.41) is 3.21. The first-order valence-electron chi connectivity index (χ1n) is 16.3. The molecular formula is C35H45ClF2N4O3. The molecule has 1 spiro atoms. The van der Waals surface area contributed by atoms with Crippen molar-refractivity contribution in [3.63, 3.8) is 0 Å². The number of fused-ring (bicyclic) bond motifs is 2. The number of alkyl halides is 2. The molecule has 0 radical (unpaired) electrons. The number of hydrogen-bond donors (Lipinski definition) is 1. The van der Waals surface area contributed by atoms with Gasteiger partial charge in [-0.1, -0.05) is 60.7 Å². The molecule has 244 valence electrons. The molecule has 45 heavy (non-hydrogen) atoms. The van der Waals surface area contributed by atoms with Crippen molar-refractivity contribution in [2.24, 2.45) is 5.92 Å². The number of urea groups is 1. The number of amides is 4. The molecule has 2 unspecified atom stereocenters. The van der Waals surface area contributed by atoms with Gasteiger partial charge in [-0.2, -0.15) is 0 Å². The van der Waals surface area contributed by atoms with Crippen LogP contribution in [0, 0.1) is 5.92 Å². The van der Waals surface area contributed by atoms with Gasteiger partial charge >= 0.3 is 6.03 Å². The maximum absolute atomic E-state index is 14.2. The van der Waals surface area contributed by atoms with Crippen molar-refractivity contribution in [1.82, 2.24) is 20.0 Å². The number of halogens is 3. The Kier molecular flexibility index (Phi) is 9.90. The number of piperidine rings is 1. The maximum atomic E-state index is 14.2. The van der Waals surface area contributed by atoms with Crippen LogP contribution in [0.15, 0.2) is 60.7 Å². The smallest absolute Gasteiger partial charge is 0.328 e. The third-order valence-corrected chi connectivity index (χ3v) is 10.4. The Hall–Kier alpha value is -3.04. The molecule has 6 rings (SSSR count). The highest BCUT2D eigenvalue weighted by atomic mass is 35.5. The van der Waals surface area contributed by atoms with E-state index >= 15 is 0 Å². The quantitative estimate of drug-likeness (QED) is 0.308. The van der Waals surface area contributed by atoms with Gasteiger partial charge in [0.05, 0.1) is 12.6 Å². The summed E-state index contributed by atoms with van der Waals surface area (Å²) in [5.41, 5.74) is 1.10. The van der Waals surface area contributed by atoms with Crippen molar-refractivity contribution in [3.8, 4) is 0 Å². The van der Waals surface area contributed by atoms with Crippen molar-refractivity contribution < 1.29 is 23.2 Å². The summed E-state index contributed by atoms with van der Waals surface area (Å²) in [7, 11) is 0. The normalized spacial score (nSPS) is 27.2. The number of nitrogens with zero attached hydrogens (tertiary/aromatic N) is 3. The highest BCUT2D eigenvalue weighted by Gasteiger charge is 2.63. The van der Waals surface area contributed by atoms with E-state index < -0.39 is 17.4 Å². The van der Waals surface area contributed by atoms with Crippen LogP contribution in [0.5, 0.6) is 0 Å². The lowest BCUT2D eigenvalue weighted by atomic mass is 9.80. The van der Waals surface area contributed by atoms with Gasteiger partial charge in [0.1, 0.15) is 5.54 Å². The Morgan fingerprint density at radius 3 is 2.07 bits per heavy atom. The monoisotopic (exact) mass is 642 g/mol. The molecule has 0 aromatic heterocycles. The van der Waals surface area contributed by atoms with E-state index in [1.807, 2.05) is 79.4 Å². The van der Waals surface area contributed by atoms with E-state index in [1.165, 1.54) is 4.90 Å². The zero-order valence-electron chi connectivity index (χ0n) is 26.2. The van der Waals surface area contributed by atoms with Crippen molar-refractivity contribution in [3.05, 3.63) is 71.8 Å². The summed E-state index contributed by atoms with van der Waals surface area (Å²) < 4.78 is 27.5. The summed E-state index contributed by atoms with van der Waals surface area (Å²) in [6.07, 6.45) is 3.77. The standard InChI is InChI=1S/C35H44F2N4O3.ClH/c1-24(2)41-33(44)40(23-25-9-5-3-6-10-25)32(43)34(41)21-28-13-14-29(22-34)39(28)20-17-30(26-11-7-4-8-12-26)38-31(42)27-15-18-35(36,37)19-16-27;/h3-12,24,27-30H,13-23H2,1-2H3,(H,38,42);1H/t28?,29?,30-,34?;/m0./s1. The lowest BCUT2D eigenvalue weighted by Gasteiger charge is -2.48. The molecule has 1 N–H and O–H groups in total. The van der Waals surface area contributed by atoms with E-state index in [1.54, 1.807) is 0 Å². The van der Waals surface area contributed by atoms with Crippen LogP contribution in [0.4, 0.5) is 13.6 Å². The van der Waals surface area contributed by atoms with Crippen molar-refractivity contribution in [1.29, 1.82) is 0 Å². The third kappa shape index (κ3) is 6.61. The molecule has 2 aromatic carbocycles. The first-order chi connectivity index (χ1) is 21.1. The molecule has 10 heteroatoms. The highest BCUT2D eigenvalue weighted by Crippen LogP contribution is 2.48. The summed E-state index contributed by atoms with van der Waals surface area (Å²) in [6.45, 7) is 5.01. The number of nitrogens with one attached hydrogen (secondary N) is 1. The number of imide groups is 1. The van der Waals surface area contributed by atoms with Gasteiger partial charge in [-0.25, -0.2) is 13.6 Å². The van der Waals surface area contributed by atoms with Crippen LogP contribution < -0.4 is 5.32 Å². The Bertz CT molecular complexity index is 1340. The molecule has 7 nitrogen and oxygen atoms in total. The fourth-order valence-electron chi connectivity index (χ4n) is 8.30. The van der Waals surface area contributed by atoms with E-state index in [0.717, 1.165) is 30.5 Å². The van der Waals surface area contributed by atoms with E-state index in [-0.39, 0.29) is 86.6 Å². The second-order valence-corrected chi connectivity index (χ2v) is 13.6. The molecule has 2 bridgehead atoms. The lowest BCUT2D eigenvalue weighted by Crippen LogP contribution is -2.61. The topological polar surface area (TPSA) is 73.0 Å². The van der Waals surface area contributed by atoms with Gasteiger partial charge in [0.2, 0.25) is 11.8 Å². The van der Waals surface area contributed by atoms with Gasteiger partial charge in [0.15, 0.2) is 0 Å². The molecular weight excluding hydrogens is 598 g/mol. The molecule has 4 fully saturated rings. The van der Waals surface area contributed by atoms with Crippen LogP contribution in [-0.4, -0.2) is 68.7 Å². The molecule has 3 saturated heterocycles. The van der Waals surface area contributed by atoms with Gasteiger partial charge in [-0.05, 0) is 69.9 Å². The molecule has 3 atom stereocenters. The summed E-state index contributed by atoms with van der Waals surface area (Å²) in [5.74, 6) is -3.28. The lowest BCUT2D eigenvalue weighted by molar-refractivity contribution is -0.138. The van der Waals surface area contributed by atoms with Gasteiger partial charge in [0.25, 0.3) is 5.91 Å². The third-order valence-electron chi connectivity index (χ3n) is 10.4. The van der Waals surface area contributed by atoms with Gasteiger partial charge in [-0.3, -0.25) is 19.4 Å². The minimum absolute atomic E-state index is 0. The van der Waals surface area contributed by atoms with Crippen LogP contribution in [0.2, 0.25) is 0 Å². The van der Waals surface area contributed by atoms with E-state index in [4.69, 9.17) is 0 Å². The Labute approximate surface area is 271 Å². The average molecular weight is 643 g/mol. The van der Waals surface area contributed by atoms with E-state index in [0.29, 0.717) is 19.3 Å². The van der Waals surface area contributed by atoms with Gasteiger partial charge < -0.3 is 10.2 Å². The Morgan fingerprint density at radius 2 is 1.49 bits per heavy atom. The first-order valence-corrected chi connectivity index (χ1v) is 16.3. The zero-order chi connectivity index (χ0) is 31.1. The molecule has 4 amide bonds. The largest absolute Gasteiger partial charge is 0.349 e. The van der Waals surface area contributed by atoms with Crippen molar-refractivity contribution in [2.75, 3.05) is 6.54 Å². The summed E-state index contributed by atoms with van der Waals surface area (Å²) in [6, 6.07) is 19.3. The Morgan fingerprint density at radius 1 is 0.911 bits per heavy atom. The van der Waals surface area contributed by atoms with Crippen LogP contribution in [0.3, 0.4) is 0 Å². The highest BCUT2D eigenvalue weighted by molar-refractivity contribution is 6.07. The minimum Gasteiger partial charge on any atom is -0.349 e. The molecule has 1 saturated carbocycles. The fraction of sp³-hybridized carbons (Fsp3) is 0.571. The molecule has 1 aliphatic carbocycles. The van der Waals surface area contributed by atoms with Crippen LogP contribution in [0.1, 0.15) is 88.8 Å². The average Bonchev–Trinajstić information content (AvgIpc) is 3.36. The summed E-state index contributed by atoms with van der Waals surface area (Å²) >= 11 is 0. The fourth-order valence-corrected chi connectivity index (χ4v) is 8.30. The number of carbonyl (C=O) groups is 3. The van der Waals surface area contributed by atoms with Crippen LogP contribution >= 0.6 is 12.4 Å². The minimum atomic E-state index is -2.67. The van der Waals surface area contributed by atoms with Gasteiger partial charge in [0, 0.05) is 43.4 Å². The van der Waals surface area contributed by atoms with Crippen LogP contribution in [0.25, 0.3) is 0 Å². The van der Waals surface area contributed by atoms with Gasteiger partial charge in [-0.15, -0.1) is 12.4 Å². The SMILES string of the molecule is CC(C)N1C(=O)N(Cc2ccccc2)C(=O)C12CC1CCC(C2)N1CC[C@H](NC(=O)C1CCC(F)(F)CC1)c1ccccc1.Cl. The summed E-state index contributed by atoms with van der Waals surface area (Å²) in [4.78, 5) is 46.9. The molecule has 3 heterocycles. The van der Waals surface area contributed by atoms with Crippen molar-refractivity contribution >= 4 is 30.3 Å². The Balaban J connectivity index is 0.00000400. The predicted molar refractivity (Wildman–Crippen MR) is 171 cm³/mol. The number of carbonyl (C=O) groups excluding carboxylic acids is 3.